The van der Waals surface area contributed by atoms with E-state index in [0.717, 1.165) is 57.8 Å². The molecule has 0 bridgehead atoms. The third-order valence-electron chi connectivity index (χ3n) is 7.43. The van der Waals surface area contributed by atoms with Gasteiger partial charge in [-0.1, -0.05) is 74.0 Å². The number of aliphatic imine (C=N–C) groups is 1. The lowest BCUT2D eigenvalue weighted by Gasteiger charge is -2.43. The van der Waals surface area contributed by atoms with Crippen molar-refractivity contribution < 1.29 is 14.1 Å². The summed E-state index contributed by atoms with van der Waals surface area (Å²) < 4.78 is 10.8. The van der Waals surface area contributed by atoms with Gasteiger partial charge in [-0.15, -0.1) is 0 Å². The van der Waals surface area contributed by atoms with Gasteiger partial charge in [0.1, 0.15) is 11.4 Å². The van der Waals surface area contributed by atoms with E-state index in [9.17, 15) is 9.59 Å². The van der Waals surface area contributed by atoms with Gasteiger partial charge in [0.05, 0.1) is 0 Å². The van der Waals surface area contributed by atoms with E-state index in [0.29, 0.717) is 18.7 Å². The molecular weight excluding hydrogens is 554 g/mol. The zero-order chi connectivity index (χ0) is 31.3. The van der Waals surface area contributed by atoms with E-state index >= 15 is 0 Å². The zero-order valence-electron chi connectivity index (χ0n) is 25.8. The Bertz CT molecular complexity index is 1710. The summed E-state index contributed by atoms with van der Waals surface area (Å²) in [6.45, 7) is 10.2. The minimum Gasteiger partial charge on any atom is -0.488 e. The van der Waals surface area contributed by atoms with Gasteiger partial charge in [0.15, 0.2) is 5.82 Å². The number of ether oxygens (including phenoxy) is 1. The van der Waals surface area contributed by atoms with Gasteiger partial charge in [-0.25, -0.2) is 9.79 Å². The Balaban J connectivity index is 1.48. The van der Waals surface area contributed by atoms with Gasteiger partial charge in [0, 0.05) is 36.0 Å². The Morgan fingerprint density at radius 2 is 1.70 bits per heavy atom. The lowest BCUT2D eigenvalue weighted by molar-refractivity contribution is 0.131. The Kier molecular flexibility index (Phi) is 8.85. The van der Waals surface area contributed by atoms with Gasteiger partial charge in [-0.3, -0.25) is 14.3 Å². The summed E-state index contributed by atoms with van der Waals surface area (Å²) in [6, 6.07) is 23.9. The summed E-state index contributed by atoms with van der Waals surface area (Å²) in [7, 11) is 0. The maximum Gasteiger partial charge on any atom is 0.439 e. The molecule has 1 aliphatic heterocycles. The molecule has 1 unspecified atom stereocenters. The van der Waals surface area contributed by atoms with Crippen LogP contribution in [0.2, 0.25) is 0 Å². The summed E-state index contributed by atoms with van der Waals surface area (Å²) >= 11 is 0. The first-order chi connectivity index (χ1) is 21.1. The molecule has 1 radical (unpaired) electrons. The number of allylic oxidation sites excluding steroid dienone is 1. The van der Waals surface area contributed by atoms with Crippen LogP contribution in [0.25, 0.3) is 22.5 Å². The molecule has 0 spiro atoms. The molecule has 0 saturated heterocycles. The van der Waals surface area contributed by atoms with Crippen LogP contribution >= 0.6 is 0 Å². The van der Waals surface area contributed by atoms with Crippen LogP contribution in [0.4, 0.5) is 5.69 Å². The molecule has 227 valence electrons. The minimum atomic E-state index is -0.988. The number of anilines is 1. The summed E-state index contributed by atoms with van der Waals surface area (Å²) in [6.07, 6.45) is 6.91. The van der Waals surface area contributed by atoms with Crippen LogP contribution in [-0.2, 0) is 11.2 Å². The van der Waals surface area contributed by atoms with Crippen LogP contribution in [0.1, 0.15) is 59.4 Å². The summed E-state index contributed by atoms with van der Waals surface area (Å²) in [4.78, 5) is 33.1. The Morgan fingerprint density at radius 1 is 1.00 bits per heavy atom. The highest BCUT2D eigenvalue weighted by molar-refractivity contribution is 6.02. The van der Waals surface area contributed by atoms with Crippen LogP contribution in [0.15, 0.2) is 98.9 Å². The first-order valence-electron chi connectivity index (χ1n) is 14.9. The average Bonchev–Trinajstić information content (AvgIpc) is 3.44. The third-order valence-corrected chi connectivity index (χ3v) is 7.43. The molecule has 44 heavy (non-hydrogen) atoms. The number of carbonyl (C=O) groups excluding carboxylic acids is 1. The number of nitrogens with one attached hydrogen (secondary N) is 2. The smallest absolute Gasteiger partial charge is 0.439 e. The molecule has 9 nitrogen and oxygen atoms in total. The summed E-state index contributed by atoms with van der Waals surface area (Å²) in [5, 5.41) is 6.76. The maximum absolute atomic E-state index is 11.7. The standard InChI is InChI=1S/C35H38N5O4/c1-6-10-31-26(21-24-13-15-25(16-14-24)29-11-8-9-12-30(29)32-37-33(42)44-39-32)22-40(35(7-2,38-31)36-23-41)27-17-19-28(20-18-27)43-34(3,4)5/h8-9,11-20,22H,6-7,10,21H2,1-5H3,(H,36,41)(H,37,39,42). The van der Waals surface area contributed by atoms with Gasteiger partial charge >= 0.3 is 12.2 Å². The van der Waals surface area contributed by atoms with Crippen LogP contribution in [0.3, 0.4) is 0 Å². The fourth-order valence-corrected chi connectivity index (χ4v) is 5.42. The lowest BCUT2D eigenvalue weighted by Crippen LogP contribution is -2.57. The molecule has 3 aromatic carbocycles. The molecule has 5 rings (SSSR count). The quantitative estimate of drug-likeness (QED) is 0.186. The van der Waals surface area contributed by atoms with E-state index in [2.05, 4.69) is 52.8 Å². The minimum absolute atomic E-state index is 0.313. The van der Waals surface area contributed by atoms with E-state index in [1.807, 2.05) is 87.5 Å². The number of nitrogens with zero attached hydrogens (tertiary/aromatic N) is 3. The largest absolute Gasteiger partial charge is 0.488 e. The first-order valence-corrected chi connectivity index (χ1v) is 14.9. The third kappa shape index (κ3) is 6.67. The predicted molar refractivity (Wildman–Crippen MR) is 173 cm³/mol. The summed E-state index contributed by atoms with van der Waals surface area (Å²) in [5.41, 5.74) is 6.42. The number of rotatable bonds is 11. The number of amides is 1. The van der Waals surface area contributed by atoms with Crippen LogP contribution < -0.4 is 20.7 Å². The van der Waals surface area contributed by atoms with Gasteiger partial charge in [0.25, 0.3) is 0 Å². The van der Waals surface area contributed by atoms with Gasteiger partial charge < -0.3 is 15.0 Å². The number of H-pyrrole nitrogens is 1. The topological polar surface area (TPSA) is 113 Å². The highest BCUT2D eigenvalue weighted by atomic mass is 16.5. The molecule has 2 heterocycles. The fraction of sp³-hybridized carbons (Fsp3) is 0.314. The maximum atomic E-state index is 11.7. The molecule has 1 aliphatic rings. The molecular formula is C35H38N5O4. The molecule has 1 amide bonds. The molecule has 0 aliphatic carbocycles. The van der Waals surface area contributed by atoms with Gasteiger partial charge in [-0.05, 0) is 73.7 Å². The Morgan fingerprint density at radius 3 is 2.30 bits per heavy atom. The Labute approximate surface area is 257 Å². The number of aromatic nitrogens is 2. The molecule has 0 fully saturated rings. The van der Waals surface area contributed by atoms with Gasteiger partial charge in [0.2, 0.25) is 5.79 Å². The van der Waals surface area contributed by atoms with Crippen LogP contribution in [0, 0.1) is 0 Å². The van der Waals surface area contributed by atoms with Crippen molar-refractivity contribution in [2.45, 2.75) is 71.7 Å². The van der Waals surface area contributed by atoms with Crippen molar-refractivity contribution in [2.24, 2.45) is 4.99 Å². The molecule has 0 saturated carbocycles. The molecule has 1 aromatic heterocycles. The number of hydrogen-bond acceptors (Lipinski definition) is 7. The highest BCUT2D eigenvalue weighted by Crippen LogP contribution is 2.35. The van der Waals surface area contributed by atoms with Crippen molar-refractivity contribution in [1.29, 1.82) is 0 Å². The zero-order valence-corrected chi connectivity index (χ0v) is 25.8. The van der Waals surface area contributed by atoms with Gasteiger partial charge in [-0.2, -0.15) is 0 Å². The monoisotopic (exact) mass is 592 g/mol. The SMILES string of the molecule is CCCC1=NC(CC)(N[C]=O)N(c2ccc(OC(C)(C)C)cc2)C=C1Cc1ccc(-c2ccccc2-c2noc(=O)[nH]2)cc1. The molecule has 9 heteroatoms. The van der Waals surface area contributed by atoms with E-state index < -0.39 is 11.5 Å². The highest BCUT2D eigenvalue weighted by Gasteiger charge is 2.38. The molecule has 2 N–H and O–H groups in total. The van der Waals surface area contributed by atoms with Crippen molar-refractivity contribution in [2.75, 3.05) is 4.90 Å². The van der Waals surface area contributed by atoms with Crippen molar-refractivity contribution in [3.8, 4) is 28.3 Å². The second kappa shape index (κ2) is 12.8. The summed E-state index contributed by atoms with van der Waals surface area (Å²) in [5.74, 6) is -0.419. The van der Waals surface area contributed by atoms with Crippen LogP contribution in [-0.4, -0.2) is 33.7 Å². The lowest BCUT2D eigenvalue weighted by atomic mass is 9.93. The number of aromatic amines is 1. The Hall–Kier alpha value is -4.92. The fourth-order valence-electron chi connectivity index (χ4n) is 5.42. The number of benzene rings is 3. The average molecular weight is 593 g/mol. The van der Waals surface area contributed by atoms with Crippen LogP contribution in [0.5, 0.6) is 5.75 Å². The van der Waals surface area contributed by atoms with Crippen molar-refractivity contribution >= 4 is 17.8 Å². The van der Waals surface area contributed by atoms with E-state index in [1.54, 1.807) is 0 Å². The predicted octanol–water partition coefficient (Wildman–Crippen LogP) is 6.78. The normalized spacial score (nSPS) is 16.7. The second-order valence-corrected chi connectivity index (χ2v) is 11.8. The van der Waals surface area contributed by atoms with E-state index in [4.69, 9.17) is 14.3 Å². The van der Waals surface area contributed by atoms with E-state index in [-0.39, 0.29) is 5.60 Å². The second-order valence-electron chi connectivity index (χ2n) is 11.8. The number of hydrogen-bond donors (Lipinski definition) is 2. The van der Waals surface area contributed by atoms with E-state index in [1.165, 1.54) is 0 Å². The van der Waals surface area contributed by atoms with Crippen molar-refractivity contribution in [1.82, 2.24) is 15.5 Å². The van der Waals surface area contributed by atoms with Crippen molar-refractivity contribution in [3.05, 3.63) is 101 Å². The molecule has 1 atom stereocenters. The molecule has 4 aromatic rings. The first kappa shape index (κ1) is 30.5. The van der Waals surface area contributed by atoms with Crippen molar-refractivity contribution in [3.63, 3.8) is 0 Å².